The molecule has 1 aromatic heterocycles. The summed E-state index contributed by atoms with van der Waals surface area (Å²) < 4.78 is 25.1. The van der Waals surface area contributed by atoms with Crippen molar-refractivity contribution in [3.8, 4) is 11.5 Å². The minimum Gasteiger partial charge on any atom is -0.494 e. The highest BCUT2D eigenvalue weighted by Gasteiger charge is 2.09. The van der Waals surface area contributed by atoms with E-state index in [0.29, 0.717) is 46.6 Å². The zero-order chi connectivity index (χ0) is 26.7. The molecule has 8 nitrogen and oxygen atoms in total. The molecule has 0 aliphatic rings. The number of hydrogen-bond acceptors (Lipinski definition) is 7. The maximum absolute atomic E-state index is 13.4. The lowest BCUT2D eigenvalue weighted by atomic mass is 10.1. The van der Waals surface area contributed by atoms with Crippen molar-refractivity contribution in [3.63, 3.8) is 0 Å². The Balaban J connectivity index is 1.35. The maximum Gasteiger partial charge on any atom is 0.243 e. The fraction of sp³-hybridized carbons (Fsp3) is 0.250. The van der Waals surface area contributed by atoms with Crippen LogP contribution in [0.4, 0.5) is 15.9 Å². The first-order valence-corrected chi connectivity index (χ1v) is 12.6. The van der Waals surface area contributed by atoms with Gasteiger partial charge in [0.2, 0.25) is 5.91 Å². The van der Waals surface area contributed by atoms with Gasteiger partial charge in [-0.1, -0.05) is 36.6 Å². The smallest absolute Gasteiger partial charge is 0.243 e. The summed E-state index contributed by atoms with van der Waals surface area (Å²) in [5.74, 6) is 1.11. The molecule has 3 N–H and O–H groups in total. The number of ether oxygens (including phenoxy) is 2. The third kappa shape index (κ3) is 7.77. The monoisotopic (exact) mass is 538 g/mol. The van der Waals surface area contributed by atoms with E-state index < -0.39 is 0 Å². The Morgan fingerprint density at radius 3 is 2.66 bits per heavy atom. The van der Waals surface area contributed by atoms with Gasteiger partial charge < -0.3 is 14.8 Å². The van der Waals surface area contributed by atoms with Crippen molar-refractivity contribution >= 4 is 39.9 Å². The first kappa shape index (κ1) is 27.1. The molecular formula is C28H28ClFN4O4. The second kappa shape index (κ2) is 13.6. The van der Waals surface area contributed by atoms with Crippen LogP contribution in [0.15, 0.2) is 67.0 Å². The number of carbonyl (C=O) groups is 1. The summed E-state index contributed by atoms with van der Waals surface area (Å²) in [6.45, 7) is 0.741. The maximum atomic E-state index is 13.4. The quantitative estimate of drug-likeness (QED) is 0.100. The summed E-state index contributed by atoms with van der Waals surface area (Å²) >= 11 is 6.44. The van der Waals surface area contributed by atoms with Crippen LogP contribution in [0.25, 0.3) is 10.9 Å². The molecular weight excluding hydrogens is 511 g/mol. The fourth-order valence-electron chi connectivity index (χ4n) is 3.83. The Kier molecular flexibility index (Phi) is 9.66. The van der Waals surface area contributed by atoms with E-state index in [1.807, 2.05) is 24.3 Å². The van der Waals surface area contributed by atoms with E-state index >= 15 is 0 Å². The molecule has 0 atom stereocenters. The SMILES string of the molecule is O=C(CCCCCCOc1ccc2ncnc(Nc3ccc(OCc4cccc(F)c4)c(Cl)c3)c2c1)NO. The van der Waals surface area contributed by atoms with Gasteiger partial charge >= 0.3 is 0 Å². The normalized spacial score (nSPS) is 10.8. The van der Waals surface area contributed by atoms with Gasteiger partial charge in [-0.2, -0.15) is 0 Å². The Labute approximate surface area is 224 Å². The van der Waals surface area contributed by atoms with Crippen LogP contribution in [0.3, 0.4) is 0 Å². The van der Waals surface area contributed by atoms with Crippen LogP contribution in [0, 0.1) is 5.82 Å². The number of hydrogen-bond donors (Lipinski definition) is 3. The van der Waals surface area contributed by atoms with Crippen LogP contribution in [0.1, 0.15) is 37.7 Å². The third-order valence-corrected chi connectivity index (χ3v) is 6.07. The minimum atomic E-state index is -0.364. The second-order valence-corrected chi connectivity index (χ2v) is 9.04. The Hall–Kier alpha value is -3.95. The molecule has 0 bridgehead atoms. The standard InChI is InChI=1S/C28H28ClFN4O4/c29-24-15-21(9-12-26(24)38-17-19-6-5-7-20(30)14-19)33-28-23-16-22(10-11-25(23)31-18-32-28)37-13-4-2-1-3-8-27(35)34-36/h5-7,9-12,14-16,18,36H,1-4,8,13,17H2,(H,34,35)(H,31,32,33). The number of nitrogens with zero attached hydrogens (tertiary/aromatic N) is 2. The van der Waals surface area contributed by atoms with E-state index in [4.69, 9.17) is 26.3 Å². The lowest BCUT2D eigenvalue weighted by Crippen LogP contribution is -2.17. The fourth-order valence-corrected chi connectivity index (χ4v) is 4.07. The second-order valence-electron chi connectivity index (χ2n) is 8.64. The topological polar surface area (TPSA) is 106 Å². The average Bonchev–Trinajstić information content (AvgIpc) is 2.92. The minimum absolute atomic E-state index is 0.199. The molecule has 0 fully saturated rings. The van der Waals surface area contributed by atoms with Crippen molar-refractivity contribution in [2.75, 3.05) is 11.9 Å². The van der Waals surface area contributed by atoms with Crippen LogP contribution in [-0.4, -0.2) is 27.7 Å². The summed E-state index contributed by atoms with van der Waals surface area (Å²) in [5.41, 5.74) is 3.83. The van der Waals surface area contributed by atoms with Crippen LogP contribution >= 0.6 is 11.6 Å². The van der Waals surface area contributed by atoms with Gasteiger partial charge in [-0.15, -0.1) is 0 Å². The highest BCUT2D eigenvalue weighted by atomic mass is 35.5. The van der Waals surface area contributed by atoms with Gasteiger partial charge in [-0.05, 0) is 66.9 Å². The van der Waals surface area contributed by atoms with Gasteiger partial charge in [0.05, 0.1) is 17.1 Å². The van der Waals surface area contributed by atoms with Gasteiger partial charge in [-0.3, -0.25) is 10.0 Å². The first-order valence-electron chi connectivity index (χ1n) is 12.3. The first-order chi connectivity index (χ1) is 18.5. The Bertz CT molecular complexity index is 1390. The number of benzene rings is 3. The van der Waals surface area contributed by atoms with Gasteiger partial charge in [0, 0.05) is 17.5 Å². The lowest BCUT2D eigenvalue weighted by Gasteiger charge is -2.13. The third-order valence-electron chi connectivity index (χ3n) is 5.78. The molecule has 0 unspecified atom stereocenters. The van der Waals surface area contributed by atoms with E-state index in [1.165, 1.54) is 18.5 Å². The molecule has 0 saturated heterocycles. The van der Waals surface area contributed by atoms with Crippen molar-refractivity contribution in [2.24, 2.45) is 0 Å². The molecule has 4 rings (SSSR count). The molecule has 198 valence electrons. The summed E-state index contributed by atoms with van der Waals surface area (Å²) in [7, 11) is 0. The molecule has 0 aliphatic carbocycles. The van der Waals surface area contributed by atoms with E-state index in [2.05, 4.69) is 15.3 Å². The molecule has 38 heavy (non-hydrogen) atoms. The summed E-state index contributed by atoms with van der Waals surface area (Å²) in [4.78, 5) is 19.8. The number of carbonyl (C=O) groups excluding carboxylic acids is 1. The molecule has 1 amide bonds. The number of amides is 1. The number of hydroxylamine groups is 1. The highest BCUT2D eigenvalue weighted by Crippen LogP contribution is 2.32. The van der Waals surface area contributed by atoms with Crippen LogP contribution in [-0.2, 0) is 11.4 Å². The summed E-state index contributed by atoms with van der Waals surface area (Å²) in [6, 6.07) is 17.2. The van der Waals surface area contributed by atoms with Crippen LogP contribution < -0.4 is 20.3 Å². The summed E-state index contributed by atoms with van der Waals surface area (Å²) in [5, 5.41) is 13.0. The molecule has 0 spiro atoms. The van der Waals surface area contributed by atoms with Crippen molar-refractivity contribution in [2.45, 2.75) is 38.7 Å². The zero-order valence-corrected chi connectivity index (χ0v) is 21.4. The molecule has 4 aromatic rings. The Morgan fingerprint density at radius 2 is 1.84 bits per heavy atom. The average molecular weight is 539 g/mol. The molecule has 0 aliphatic heterocycles. The number of halogens is 2. The molecule has 1 heterocycles. The lowest BCUT2D eigenvalue weighted by molar-refractivity contribution is -0.129. The number of unbranched alkanes of at least 4 members (excludes halogenated alkanes) is 3. The van der Waals surface area contributed by atoms with Crippen molar-refractivity contribution in [3.05, 3.63) is 83.4 Å². The van der Waals surface area contributed by atoms with Crippen LogP contribution in [0.5, 0.6) is 11.5 Å². The van der Waals surface area contributed by atoms with Gasteiger partial charge in [-0.25, -0.2) is 19.8 Å². The van der Waals surface area contributed by atoms with Crippen LogP contribution in [0.2, 0.25) is 5.02 Å². The highest BCUT2D eigenvalue weighted by molar-refractivity contribution is 6.32. The van der Waals surface area contributed by atoms with Gasteiger partial charge in [0.15, 0.2) is 0 Å². The number of anilines is 2. The van der Waals surface area contributed by atoms with E-state index in [-0.39, 0.29) is 18.3 Å². The number of fused-ring (bicyclic) bond motifs is 1. The number of nitrogens with one attached hydrogen (secondary N) is 2. The zero-order valence-electron chi connectivity index (χ0n) is 20.6. The van der Waals surface area contributed by atoms with E-state index in [9.17, 15) is 9.18 Å². The molecule has 0 saturated carbocycles. The van der Waals surface area contributed by atoms with Crippen molar-refractivity contribution < 1.29 is 23.9 Å². The Morgan fingerprint density at radius 1 is 0.974 bits per heavy atom. The van der Waals surface area contributed by atoms with Gasteiger partial charge in [0.25, 0.3) is 0 Å². The van der Waals surface area contributed by atoms with Crippen molar-refractivity contribution in [1.82, 2.24) is 15.4 Å². The van der Waals surface area contributed by atoms with E-state index in [1.54, 1.807) is 29.7 Å². The molecule has 3 aromatic carbocycles. The van der Waals surface area contributed by atoms with E-state index in [0.717, 1.165) is 36.6 Å². The van der Waals surface area contributed by atoms with Crippen molar-refractivity contribution in [1.29, 1.82) is 0 Å². The largest absolute Gasteiger partial charge is 0.494 e. The predicted octanol–water partition coefficient (Wildman–Crippen LogP) is 6.58. The summed E-state index contributed by atoms with van der Waals surface area (Å²) in [6.07, 6.45) is 5.17. The van der Waals surface area contributed by atoms with Gasteiger partial charge in [0.1, 0.15) is 36.1 Å². The number of aromatic nitrogens is 2. The number of rotatable bonds is 13. The molecule has 10 heteroatoms. The predicted molar refractivity (Wildman–Crippen MR) is 144 cm³/mol. The molecule has 0 radical (unpaired) electrons.